The maximum Gasteiger partial charge on any atom is 0.374 e. The molecule has 1 fully saturated rings. The van der Waals surface area contributed by atoms with E-state index in [2.05, 4.69) is 72.5 Å². The number of hydrogen-bond acceptors (Lipinski definition) is 25. The molecule has 1 saturated heterocycles. The third kappa shape index (κ3) is 20.8. The van der Waals surface area contributed by atoms with Crippen LogP contribution in [0.2, 0.25) is 0 Å². The number of rotatable bonds is 9. The molecule has 9 rings (SSSR count). The van der Waals surface area contributed by atoms with Crippen LogP contribution in [0.4, 0.5) is 4.39 Å². The SMILES string of the molecule is C.CC(C)(C)Sc1cccnc1C(=O)O.O=C(O)c1ncccc1S.O=C(O)c1ncccc1SOOO.O=C1C2=C(O)c3ncccc3S(=O)(=O)N2CCN1Cc1ccc(F)cc1.O=C1OS(=O)(=O)c2cccnc21.O=S(Cl)Cl.OO.[2HH]. The number of pyridine rings is 5. The van der Waals surface area contributed by atoms with E-state index >= 15 is 0 Å². The van der Waals surface area contributed by atoms with Gasteiger partial charge in [0.1, 0.15) is 21.3 Å². The molecule has 3 aliphatic rings. The van der Waals surface area contributed by atoms with Crippen LogP contribution in [0, 0.1) is 5.82 Å². The molecule has 0 saturated carbocycles. The molecule has 0 bridgehead atoms. The van der Waals surface area contributed by atoms with Crippen molar-refractivity contribution in [1.82, 2.24) is 34.1 Å². The van der Waals surface area contributed by atoms with Crippen molar-refractivity contribution < 1.29 is 101 Å². The molecular formula is C46H48Cl2FN7O20S6. The molecule has 1 aromatic carbocycles. The fraction of sp³-hybridized carbons (Fsp3) is 0.174. The number of fused-ring (bicyclic) bond motifs is 3. The number of aromatic carboxylic acids is 3. The maximum absolute atomic E-state index is 13.0. The standard InChI is InChI=1S/C17H14FN3O4S.C10H13NO2S.C6H5NO5S.C6H3NO4S.C6H5NO2S.CH4.Cl2OS.H2O2.H2/c18-12-5-3-11(4-6-12)10-20-8-9-21-15(17(20)23)16(22)14-13(26(21,24)25)2-1-7-19-14;1-10(2,3)14-7-5-4-6-11-8(7)9(12)13;8-6(9)5-4(13-12-11-10)2-1-3-7-5;8-6-5-4(2-1-3-7-5)12(9,10)11-6;8-6(9)5-4(10)2-1-3-7-5;;1-4(2)3;1-2;/h1-7,22H,8-10H2;4-6H,1-3H3,(H,12,13);1-3,10H,(H,8,9);1-3H;1-3,10H,(H,8,9);1H4;;1-2H;1H/i;;;;;;;;1+1. The summed E-state index contributed by atoms with van der Waals surface area (Å²) >= 11 is 5.97. The third-order valence-electron chi connectivity index (χ3n) is 9.31. The fourth-order valence-electron chi connectivity index (χ4n) is 6.23. The molecule has 0 atom stereocenters. The van der Waals surface area contributed by atoms with Crippen molar-refractivity contribution in [3.05, 3.63) is 161 Å². The molecule has 0 radical (unpaired) electrons. The lowest BCUT2D eigenvalue weighted by atomic mass is 10.1. The van der Waals surface area contributed by atoms with E-state index in [9.17, 15) is 50.3 Å². The van der Waals surface area contributed by atoms with Gasteiger partial charge in [0.05, 0.1) is 23.5 Å². The number of thiol groups is 1. The van der Waals surface area contributed by atoms with E-state index in [4.69, 9.17) is 35.3 Å². The molecule has 27 nitrogen and oxygen atoms in total. The summed E-state index contributed by atoms with van der Waals surface area (Å²) in [4.78, 5) is 76.4. The zero-order valence-electron chi connectivity index (χ0n) is 41.3. The van der Waals surface area contributed by atoms with Gasteiger partial charge in [-0.25, -0.2) is 61.4 Å². The predicted molar refractivity (Wildman–Crippen MR) is 297 cm³/mol. The van der Waals surface area contributed by atoms with Crippen molar-refractivity contribution in [3.63, 3.8) is 0 Å². The number of aliphatic hydroxyl groups is 1. The molecule has 5 aromatic heterocycles. The van der Waals surface area contributed by atoms with Gasteiger partial charge in [0.15, 0.2) is 34.2 Å². The Morgan fingerprint density at radius 3 is 1.71 bits per heavy atom. The molecule has 444 valence electrons. The first-order chi connectivity index (χ1) is 38.1. The Kier molecular flexibility index (Phi) is 28.9. The van der Waals surface area contributed by atoms with Gasteiger partial charge in [-0.05, 0) is 78.4 Å². The van der Waals surface area contributed by atoms with Crippen LogP contribution in [0.15, 0.2) is 146 Å². The van der Waals surface area contributed by atoms with Gasteiger partial charge in [0, 0.05) is 81.4 Å². The van der Waals surface area contributed by atoms with Crippen molar-refractivity contribution in [1.29, 1.82) is 0 Å². The number of carboxylic acids is 3. The highest BCUT2D eigenvalue weighted by atomic mass is 36.0. The number of piperazine rings is 1. The Labute approximate surface area is 492 Å². The summed E-state index contributed by atoms with van der Waals surface area (Å²) in [6.45, 7) is 6.46. The van der Waals surface area contributed by atoms with Gasteiger partial charge in [-0.2, -0.15) is 8.42 Å². The highest BCUT2D eigenvalue weighted by Crippen LogP contribution is 2.37. The summed E-state index contributed by atoms with van der Waals surface area (Å²) in [5.74, 6) is -5.56. The van der Waals surface area contributed by atoms with E-state index in [1.165, 1.54) is 96.2 Å². The fourth-order valence-corrected chi connectivity index (χ4v) is 10.6. The van der Waals surface area contributed by atoms with Gasteiger partial charge in [0.25, 0.3) is 15.9 Å². The second-order valence-electron chi connectivity index (χ2n) is 15.8. The second-order valence-corrected chi connectivity index (χ2v) is 24.7. The van der Waals surface area contributed by atoms with Gasteiger partial charge in [-0.3, -0.25) is 24.6 Å². The zero-order chi connectivity index (χ0) is 60.8. The molecule has 3 aliphatic heterocycles. The molecule has 82 heavy (non-hydrogen) atoms. The average Bonchev–Trinajstić information content (AvgIpc) is 3.73. The summed E-state index contributed by atoms with van der Waals surface area (Å²) in [6, 6.07) is 21.0. The van der Waals surface area contributed by atoms with Crippen LogP contribution >= 0.6 is 57.8 Å². The highest BCUT2D eigenvalue weighted by Gasteiger charge is 2.45. The lowest BCUT2D eigenvalue weighted by Crippen LogP contribution is -2.52. The number of hydrogen-bond donors (Lipinski definition) is 8. The smallest absolute Gasteiger partial charge is 0.374 e. The van der Waals surface area contributed by atoms with E-state index < -0.39 is 64.9 Å². The van der Waals surface area contributed by atoms with Gasteiger partial charge in [-0.1, -0.05) is 45.4 Å². The Balaban J connectivity index is 0.000000526. The van der Waals surface area contributed by atoms with Crippen molar-refractivity contribution in [2.75, 3.05) is 13.1 Å². The first-order valence-electron chi connectivity index (χ1n) is 21.5. The number of aliphatic hydroxyl groups excluding tert-OH is 1. The largest absolute Gasteiger partial charge is 0.504 e. The molecule has 0 aliphatic carbocycles. The van der Waals surface area contributed by atoms with Gasteiger partial charge >= 0.3 is 34.0 Å². The molecule has 0 spiro atoms. The van der Waals surface area contributed by atoms with Crippen LogP contribution in [-0.4, -0.2) is 139 Å². The predicted octanol–water partition coefficient (Wildman–Crippen LogP) is 8.32. The first kappa shape index (κ1) is 71.2. The first-order valence-corrected chi connectivity index (χ1v) is 29.2. The Hall–Kier alpha value is -6.93. The van der Waals surface area contributed by atoms with Gasteiger partial charge in [0.2, 0.25) is 9.23 Å². The van der Waals surface area contributed by atoms with Gasteiger partial charge < -0.3 is 29.5 Å². The number of amides is 1. The van der Waals surface area contributed by atoms with Crippen LogP contribution in [-0.2, 0) is 54.3 Å². The molecule has 8 heterocycles. The Morgan fingerprint density at radius 1 is 0.756 bits per heavy atom. The summed E-state index contributed by atoms with van der Waals surface area (Å²) in [5.41, 5.74) is 0.0890. The molecule has 7 N–H and O–H groups in total. The number of halogens is 3. The zero-order valence-corrected chi connectivity index (χ0v) is 47.8. The monoisotopic (exact) mass is 1300 g/mol. The summed E-state index contributed by atoms with van der Waals surface area (Å²) in [7, 11) is -0.464. The van der Waals surface area contributed by atoms with Crippen molar-refractivity contribution in [2.24, 2.45) is 0 Å². The number of sulfonamides is 1. The minimum absolute atomic E-state index is 0. The van der Waals surface area contributed by atoms with Crippen LogP contribution in [0.25, 0.3) is 5.76 Å². The van der Waals surface area contributed by atoms with Crippen LogP contribution in [0.3, 0.4) is 0 Å². The second kappa shape index (κ2) is 33.2. The van der Waals surface area contributed by atoms with E-state index in [0.717, 1.165) is 4.31 Å². The number of nitrogens with zero attached hydrogens (tertiary/aromatic N) is 7. The lowest BCUT2D eigenvalue weighted by Gasteiger charge is -2.39. The number of thioether (sulfide) groups is 1. The topological polar surface area (TPSA) is 411 Å². The Morgan fingerprint density at radius 2 is 1.22 bits per heavy atom. The lowest BCUT2D eigenvalue weighted by molar-refractivity contribution is -0.432. The van der Waals surface area contributed by atoms with Crippen molar-refractivity contribution in [3.8, 4) is 0 Å². The quantitative estimate of drug-likeness (QED) is 0.0128. The van der Waals surface area contributed by atoms with E-state index in [-0.39, 0.29) is 87.9 Å². The van der Waals surface area contributed by atoms with Crippen LogP contribution < -0.4 is 0 Å². The number of carbonyl (C=O) groups excluding carboxylic acids is 2. The molecule has 1 amide bonds. The van der Waals surface area contributed by atoms with Crippen LogP contribution in [0.1, 0.15) is 82.8 Å². The van der Waals surface area contributed by atoms with E-state index in [1.807, 2.05) is 20.8 Å². The van der Waals surface area contributed by atoms with E-state index in [0.29, 0.717) is 27.4 Å². The number of aromatic nitrogens is 5. The van der Waals surface area contributed by atoms with E-state index in [1.54, 1.807) is 36.4 Å². The Bertz CT molecular complexity index is 3500. The summed E-state index contributed by atoms with van der Waals surface area (Å²) < 4.78 is 78.7. The molecule has 36 heteroatoms. The van der Waals surface area contributed by atoms with Crippen LogP contribution in [0.5, 0.6) is 0 Å². The van der Waals surface area contributed by atoms with Crippen molar-refractivity contribution in [2.45, 2.75) is 64.0 Å². The minimum atomic E-state index is -3.95. The number of benzene rings is 1. The third-order valence-corrected chi connectivity index (χ3v) is 14.5. The molecular weight excluding hydrogens is 1250 g/mol. The number of carboxylic acid groups (broad SMARTS) is 3. The van der Waals surface area contributed by atoms with Crippen molar-refractivity contribution >= 4 is 123 Å². The summed E-state index contributed by atoms with van der Waals surface area (Å²) in [5, 5.41) is 59.6. The summed E-state index contributed by atoms with van der Waals surface area (Å²) in [6.07, 6.45) is 6.94. The molecule has 0 unspecified atom stereocenters. The highest BCUT2D eigenvalue weighted by molar-refractivity contribution is 8.26. The number of carbonyl (C=O) groups is 5. The maximum atomic E-state index is 13.0. The van der Waals surface area contributed by atoms with Gasteiger partial charge in [-0.15, -0.1) is 28.7 Å². The average molecular weight is 1300 g/mol. The normalized spacial score (nSPS) is 13.7. The molecule has 6 aromatic rings. The minimum Gasteiger partial charge on any atom is -0.504 e.